The zero-order valence-corrected chi connectivity index (χ0v) is 17.5. The predicted molar refractivity (Wildman–Crippen MR) is 112 cm³/mol. The largest absolute Gasteiger partial charge is 0.302 e. The predicted octanol–water partition coefficient (Wildman–Crippen LogP) is 4.20. The molecular weight excluding hydrogens is 377 g/mol. The summed E-state index contributed by atoms with van der Waals surface area (Å²) in [6, 6.07) is 6.31. The fraction of sp³-hybridized carbons (Fsp3) is 0.450. The van der Waals surface area contributed by atoms with E-state index in [9.17, 15) is 9.18 Å². The van der Waals surface area contributed by atoms with Crippen LogP contribution in [0.15, 0.2) is 30.5 Å². The molecule has 28 heavy (non-hydrogen) atoms. The SMILES string of the molecule is CCN(CC)CCN(C(=O)c1ccnn1C(C)C)c1nc2ccc(F)cc2s1. The van der Waals surface area contributed by atoms with E-state index in [4.69, 9.17) is 0 Å². The van der Waals surface area contributed by atoms with Crippen LogP contribution in [0.2, 0.25) is 0 Å². The number of benzene rings is 1. The summed E-state index contributed by atoms with van der Waals surface area (Å²) in [5, 5.41) is 4.86. The Labute approximate surface area is 168 Å². The highest BCUT2D eigenvalue weighted by Crippen LogP contribution is 2.30. The van der Waals surface area contributed by atoms with Crippen LogP contribution in [0.25, 0.3) is 10.2 Å². The molecule has 2 heterocycles. The average Bonchev–Trinajstić information content (AvgIpc) is 3.31. The number of likely N-dealkylation sites (N-methyl/N-ethyl adjacent to an activating group) is 1. The van der Waals surface area contributed by atoms with Crippen molar-refractivity contribution in [1.29, 1.82) is 0 Å². The molecule has 3 rings (SSSR count). The van der Waals surface area contributed by atoms with Gasteiger partial charge in [-0.05, 0) is 51.2 Å². The molecular formula is C20H26FN5OS. The van der Waals surface area contributed by atoms with Crippen molar-refractivity contribution in [3.63, 3.8) is 0 Å². The molecule has 1 aromatic carbocycles. The number of carbonyl (C=O) groups excluding carboxylic acids is 1. The molecule has 0 aliphatic heterocycles. The summed E-state index contributed by atoms with van der Waals surface area (Å²) in [4.78, 5) is 22.0. The van der Waals surface area contributed by atoms with Crippen LogP contribution < -0.4 is 4.90 Å². The highest BCUT2D eigenvalue weighted by Gasteiger charge is 2.25. The molecule has 0 atom stereocenters. The van der Waals surface area contributed by atoms with Gasteiger partial charge in [-0.15, -0.1) is 0 Å². The highest BCUT2D eigenvalue weighted by atomic mass is 32.1. The van der Waals surface area contributed by atoms with Crippen LogP contribution in [-0.2, 0) is 0 Å². The molecule has 0 saturated carbocycles. The molecule has 0 saturated heterocycles. The second-order valence-electron chi connectivity index (χ2n) is 6.85. The highest BCUT2D eigenvalue weighted by molar-refractivity contribution is 7.22. The smallest absolute Gasteiger partial charge is 0.278 e. The molecule has 0 spiro atoms. The monoisotopic (exact) mass is 403 g/mol. The van der Waals surface area contributed by atoms with Gasteiger partial charge in [-0.1, -0.05) is 25.2 Å². The van der Waals surface area contributed by atoms with Crippen LogP contribution in [0.4, 0.5) is 9.52 Å². The quantitative estimate of drug-likeness (QED) is 0.566. The Morgan fingerprint density at radius 3 is 2.64 bits per heavy atom. The minimum Gasteiger partial charge on any atom is -0.302 e. The van der Waals surface area contributed by atoms with Crippen LogP contribution in [0, 0.1) is 5.82 Å². The first-order valence-corrected chi connectivity index (χ1v) is 10.4. The lowest BCUT2D eigenvalue weighted by molar-refractivity contribution is 0.0971. The van der Waals surface area contributed by atoms with Crippen molar-refractivity contribution in [3.05, 3.63) is 42.0 Å². The van der Waals surface area contributed by atoms with Gasteiger partial charge in [-0.25, -0.2) is 9.37 Å². The number of amides is 1. The van der Waals surface area contributed by atoms with Crippen molar-refractivity contribution in [2.24, 2.45) is 0 Å². The number of rotatable bonds is 8. The van der Waals surface area contributed by atoms with E-state index < -0.39 is 0 Å². The van der Waals surface area contributed by atoms with E-state index >= 15 is 0 Å². The minimum atomic E-state index is -0.304. The summed E-state index contributed by atoms with van der Waals surface area (Å²) in [6.45, 7) is 11.2. The van der Waals surface area contributed by atoms with E-state index in [1.54, 1.807) is 27.9 Å². The first-order chi connectivity index (χ1) is 13.4. The third-order valence-corrected chi connectivity index (χ3v) is 5.77. The van der Waals surface area contributed by atoms with Crippen molar-refractivity contribution >= 4 is 32.6 Å². The molecule has 0 bridgehead atoms. The fourth-order valence-corrected chi connectivity index (χ4v) is 4.12. The number of nitrogens with zero attached hydrogens (tertiary/aromatic N) is 5. The second-order valence-corrected chi connectivity index (χ2v) is 7.86. The standard InChI is InChI=1S/C20H26FN5OS/c1-5-24(6-2)11-12-25(19(27)17-9-10-22-26(17)14(3)4)20-23-16-8-7-15(21)13-18(16)28-20/h7-10,13-14H,5-6,11-12H2,1-4H3. The van der Waals surface area contributed by atoms with Crippen LogP contribution >= 0.6 is 11.3 Å². The van der Waals surface area contributed by atoms with Crippen molar-refractivity contribution in [2.45, 2.75) is 33.7 Å². The van der Waals surface area contributed by atoms with Crippen molar-refractivity contribution in [1.82, 2.24) is 19.7 Å². The summed E-state index contributed by atoms with van der Waals surface area (Å²) in [5.74, 6) is -0.445. The molecule has 0 radical (unpaired) electrons. The zero-order valence-electron chi connectivity index (χ0n) is 16.7. The molecule has 0 aliphatic rings. The van der Waals surface area contributed by atoms with Crippen LogP contribution in [0.3, 0.4) is 0 Å². The topological polar surface area (TPSA) is 54.3 Å². The van der Waals surface area contributed by atoms with E-state index in [0.717, 1.165) is 24.3 Å². The number of halogens is 1. The number of carbonyl (C=O) groups is 1. The van der Waals surface area contributed by atoms with E-state index in [1.165, 1.54) is 23.5 Å². The van der Waals surface area contributed by atoms with E-state index in [-0.39, 0.29) is 17.8 Å². The van der Waals surface area contributed by atoms with E-state index in [1.807, 2.05) is 13.8 Å². The molecule has 1 amide bonds. The van der Waals surface area contributed by atoms with Crippen LogP contribution in [0.1, 0.15) is 44.2 Å². The molecule has 2 aromatic heterocycles. The third-order valence-electron chi connectivity index (χ3n) is 4.73. The molecule has 3 aromatic rings. The summed E-state index contributed by atoms with van der Waals surface area (Å²) in [6.07, 6.45) is 1.64. The number of hydrogen-bond acceptors (Lipinski definition) is 5. The molecule has 0 aliphatic carbocycles. The number of fused-ring (bicyclic) bond motifs is 1. The van der Waals surface area contributed by atoms with Gasteiger partial charge in [0, 0.05) is 25.3 Å². The van der Waals surface area contributed by atoms with Gasteiger partial charge in [0.15, 0.2) is 5.13 Å². The van der Waals surface area contributed by atoms with Gasteiger partial charge < -0.3 is 4.90 Å². The Morgan fingerprint density at radius 2 is 1.96 bits per heavy atom. The lowest BCUT2D eigenvalue weighted by Crippen LogP contribution is -2.39. The molecule has 0 fully saturated rings. The van der Waals surface area contributed by atoms with Gasteiger partial charge in [0.1, 0.15) is 11.5 Å². The second kappa shape index (κ2) is 8.79. The first-order valence-electron chi connectivity index (χ1n) is 9.58. The third kappa shape index (κ3) is 4.23. The van der Waals surface area contributed by atoms with Gasteiger partial charge in [-0.3, -0.25) is 14.4 Å². The summed E-state index contributed by atoms with van der Waals surface area (Å²) >= 11 is 1.33. The maximum absolute atomic E-state index is 13.6. The molecule has 150 valence electrons. The molecule has 8 heteroatoms. The number of aromatic nitrogens is 3. The minimum absolute atomic E-state index is 0.0723. The lowest BCUT2D eigenvalue weighted by atomic mass is 10.3. The molecule has 0 unspecified atom stereocenters. The number of thiazole rings is 1. The van der Waals surface area contributed by atoms with Crippen molar-refractivity contribution in [3.8, 4) is 0 Å². The first kappa shape index (κ1) is 20.4. The van der Waals surface area contributed by atoms with E-state index in [0.29, 0.717) is 22.9 Å². The Bertz CT molecular complexity index is 947. The Hall–Kier alpha value is -2.32. The summed E-state index contributed by atoms with van der Waals surface area (Å²) in [7, 11) is 0. The zero-order chi connectivity index (χ0) is 20.3. The Kier molecular flexibility index (Phi) is 6.41. The Balaban J connectivity index is 1.98. The number of hydrogen-bond donors (Lipinski definition) is 0. The van der Waals surface area contributed by atoms with Gasteiger partial charge >= 0.3 is 0 Å². The van der Waals surface area contributed by atoms with Crippen molar-refractivity contribution < 1.29 is 9.18 Å². The molecule has 0 N–H and O–H groups in total. The van der Waals surface area contributed by atoms with Crippen molar-refractivity contribution in [2.75, 3.05) is 31.1 Å². The number of anilines is 1. The summed E-state index contributed by atoms with van der Waals surface area (Å²) in [5.41, 5.74) is 1.22. The lowest BCUT2D eigenvalue weighted by Gasteiger charge is -2.25. The normalized spacial score (nSPS) is 11.7. The summed E-state index contributed by atoms with van der Waals surface area (Å²) < 4.78 is 16.0. The fourth-order valence-electron chi connectivity index (χ4n) is 3.10. The Morgan fingerprint density at radius 1 is 1.21 bits per heavy atom. The van der Waals surface area contributed by atoms with Gasteiger partial charge in [0.25, 0.3) is 5.91 Å². The van der Waals surface area contributed by atoms with Crippen LogP contribution in [-0.4, -0.2) is 51.8 Å². The average molecular weight is 404 g/mol. The van der Waals surface area contributed by atoms with Gasteiger partial charge in [0.2, 0.25) is 0 Å². The molecule has 6 nitrogen and oxygen atoms in total. The maximum atomic E-state index is 13.6. The maximum Gasteiger partial charge on any atom is 0.278 e. The van der Waals surface area contributed by atoms with E-state index in [2.05, 4.69) is 28.8 Å². The van der Waals surface area contributed by atoms with Gasteiger partial charge in [-0.2, -0.15) is 5.10 Å². The van der Waals surface area contributed by atoms with Crippen LogP contribution in [0.5, 0.6) is 0 Å². The van der Waals surface area contributed by atoms with Gasteiger partial charge in [0.05, 0.1) is 10.2 Å².